The molecule has 2 aromatic rings. The van der Waals surface area contributed by atoms with Crippen LogP contribution >= 0.6 is 0 Å². The van der Waals surface area contributed by atoms with Gasteiger partial charge in [0, 0.05) is 19.4 Å². The number of carboxylic acid groups (broad SMARTS) is 1. The first-order valence-electron chi connectivity index (χ1n) is 7.33. The van der Waals surface area contributed by atoms with Crippen LogP contribution in [0.2, 0.25) is 0 Å². The van der Waals surface area contributed by atoms with E-state index in [0.717, 1.165) is 24.5 Å². The molecule has 1 aliphatic heterocycles. The van der Waals surface area contributed by atoms with Crippen molar-refractivity contribution in [3.05, 3.63) is 47.0 Å². The van der Waals surface area contributed by atoms with Crippen LogP contribution in [-0.4, -0.2) is 25.8 Å². The fraction of sp³-hybridized carbons (Fsp3) is 0.438. The number of aryl methyl sites for hydroxylation is 4. The second-order valence-electron chi connectivity index (χ2n) is 5.64. The van der Waals surface area contributed by atoms with E-state index in [1.165, 1.54) is 11.1 Å². The summed E-state index contributed by atoms with van der Waals surface area (Å²) in [7, 11) is 0. The third-order valence-corrected chi connectivity index (χ3v) is 4.25. The standard InChI is InChI=1S/C16H19N3O2/c1-11-4-2-3-5-12(11)6-8-14-17-18-15-9-7-13(16(20)21)10-19(14)15/h2-5,13H,6-10H2,1H3,(H,20,21). The van der Waals surface area contributed by atoms with Gasteiger partial charge in [0.2, 0.25) is 0 Å². The van der Waals surface area contributed by atoms with E-state index < -0.39 is 5.97 Å². The van der Waals surface area contributed by atoms with Crippen molar-refractivity contribution < 1.29 is 9.90 Å². The highest BCUT2D eigenvalue weighted by Gasteiger charge is 2.27. The zero-order valence-electron chi connectivity index (χ0n) is 12.1. The maximum atomic E-state index is 11.2. The fourth-order valence-corrected chi connectivity index (χ4v) is 2.91. The third kappa shape index (κ3) is 2.82. The number of aliphatic carboxylic acids is 1. The molecule has 1 aromatic heterocycles. The molecular formula is C16H19N3O2. The Morgan fingerprint density at radius 3 is 2.90 bits per heavy atom. The van der Waals surface area contributed by atoms with Crippen LogP contribution in [0.15, 0.2) is 24.3 Å². The van der Waals surface area contributed by atoms with Gasteiger partial charge in [-0.25, -0.2) is 0 Å². The van der Waals surface area contributed by atoms with Gasteiger partial charge in [-0.3, -0.25) is 4.79 Å². The van der Waals surface area contributed by atoms with Crippen LogP contribution in [0.3, 0.4) is 0 Å². The summed E-state index contributed by atoms with van der Waals surface area (Å²) in [6, 6.07) is 8.31. The highest BCUT2D eigenvalue weighted by Crippen LogP contribution is 2.21. The summed E-state index contributed by atoms with van der Waals surface area (Å²) < 4.78 is 2.00. The van der Waals surface area contributed by atoms with Crippen molar-refractivity contribution in [3.8, 4) is 0 Å². The lowest BCUT2D eigenvalue weighted by atomic mass is 9.99. The van der Waals surface area contributed by atoms with Gasteiger partial charge in [-0.15, -0.1) is 10.2 Å². The number of aromatic nitrogens is 3. The maximum absolute atomic E-state index is 11.2. The highest BCUT2D eigenvalue weighted by molar-refractivity contribution is 5.70. The molecule has 0 saturated carbocycles. The minimum Gasteiger partial charge on any atom is -0.481 e. The van der Waals surface area contributed by atoms with Gasteiger partial charge in [0.25, 0.3) is 0 Å². The van der Waals surface area contributed by atoms with Gasteiger partial charge < -0.3 is 9.67 Å². The molecule has 0 fully saturated rings. The van der Waals surface area contributed by atoms with Crippen LogP contribution in [0.5, 0.6) is 0 Å². The summed E-state index contributed by atoms with van der Waals surface area (Å²) in [4.78, 5) is 11.2. The Labute approximate surface area is 123 Å². The Morgan fingerprint density at radius 1 is 1.33 bits per heavy atom. The monoisotopic (exact) mass is 285 g/mol. The quantitative estimate of drug-likeness (QED) is 0.933. The molecule has 5 nitrogen and oxygen atoms in total. The number of hydrogen-bond acceptors (Lipinski definition) is 3. The summed E-state index contributed by atoms with van der Waals surface area (Å²) in [6.07, 6.45) is 3.06. The minimum absolute atomic E-state index is 0.314. The molecule has 0 spiro atoms. The topological polar surface area (TPSA) is 68.0 Å². The Balaban J connectivity index is 1.75. The number of carboxylic acids is 1. The van der Waals surface area contributed by atoms with Crippen molar-refractivity contribution in [2.75, 3.05) is 0 Å². The molecule has 1 atom stereocenters. The van der Waals surface area contributed by atoms with Gasteiger partial charge in [-0.2, -0.15) is 0 Å². The molecule has 1 N–H and O–H groups in total. The van der Waals surface area contributed by atoms with Crippen molar-refractivity contribution in [1.29, 1.82) is 0 Å². The second kappa shape index (κ2) is 5.68. The number of carbonyl (C=O) groups is 1. The summed E-state index contributed by atoms with van der Waals surface area (Å²) in [6.45, 7) is 2.61. The van der Waals surface area contributed by atoms with E-state index in [4.69, 9.17) is 0 Å². The molecule has 21 heavy (non-hydrogen) atoms. The molecule has 0 saturated heterocycles. The van der Waals surface area contributed by atoms with Crippen LogP contribution in [0, 0.1) is 12.8 Å². The van der Waals surface area contributed by atoms with E-state index in [-0.39, 0.29) is 5.92 Å². The zero-order chi connectivity index (χ0) is 14.8. The van der Waals surface area contributed by atoms with Crippen LogP contribution in [0.4, 0.5) is 0 Å². The predicted molar refractivity (Wildman–Crippen MR) is 78.1 cm³/mol. The predicted octanol–water partition coefficient (Wildman–Crippen LogP) is 2.02. The smallest absolute Gasteiger partial charge is 0.308 e. The SMILES string of the molecule is Cc1ccccc1CCc1nnc2n1CC(C(=O)O)CC2. The van der Waals surface area contributed by atoms with Gasteiger partial charge in [0.1, 0.15) is 11.6 Å². The lowest BCUT2D eigenvalue weighted by molar-refractivity contribution is -0.142. The van der Waals surface area contributed by atoms with Crippen LogP contribution in [-0.2, 0) is 30.6 Å². The van der Waals surface area contributed by atoms with E-state index in [1.54, 1.807) is 0 Å². The summed E-state index contributed by atoms with van der Waals surface area (Å²) >= 11 is 0. The molecule has 5 heteroatoms. The minimum atomic E-state index is -0.723. The Bertz CT molecular complexity index is 663. The number of fused-ring (bicyclic) bond motifs is 1. The van der Waals surface area contributed by atoms with Crippen LogP contribution < -0.4 is 0 Å². The van der Waals surface area contributed by atoms with Crippen molar-refractivity contribution >= 4 is 5.97 Å². The average Bonchev–Trinajstić information content (AvgIpc) is 2.88. The molecule has 1 aromatic carbocycles. The lowest BCUT2D eigenvalue weighted by Gasteiger charge is -2.21. The Kier molecular flexibility index (Phi) is 3.73. The van der Waals surface area contributed by atoms with E-state index in [9.17, 15) is 9.90 Å². The number of hydrogen-bond donors (Lipinski definition) is 1. The van der Waals surface area contributed by atoms with Crippen LogP contribution in [0.1, 0.15) is 29.2 Å². The van der Waals surface area contributed by atoms with Crippen molar-refractivity contribution in [2.24, 2.45) is 5.92 Å². The van der Waals surface area contributed by atoms with Crippen molar-refractivity contribution in [2.45, 2.75) is 39.2 Å². The van der Waals surface area contributed by atoms with Gasteiger partial charge in [0.15, 0.2) is 0 Å². The van der Waals surface area contributed by atoms with Gasteiger partial charge in [-0.05, 0) is 30.9 Å². The molecule has 0 bridgehead atoms. The third-order valence-electron chi connectivity index (χ3n) is 4.25. The van der Waals surface area contributed by atoms with E-state index in [0.29, 0.717) is 19.4 Å². The second-order valence-corrected chi connectivity index (χ2v) is 5.64. The first-order chi connectivity index (χ1) is 10.1. The van der Waals surface area contributed by atoms with Gasteiger partial charge in [0.05, 0.1) is 5.92 Å². The normalized spacial score (nSPS) is 17.5. The van der Waals surface area contributed by atoms with E-state index in [1.807, 2.05) is 16.7 Å². The van der Waals surface area contributed by atoms with Gasteiger partial charge >= 0.3 is 5.97 Å². The fourth-order valence-electron chi connectivity index (χ4n) is 2.91. The Hall–Kier alpha value is -2.17. The molecular weight excluding hydrogens is 266 g/mol. The molecule has 2 heterocycles. The average molecular weight is 285 g/mol. The first-order valence-corrected chi connectivity index (χ1v) is 7.33. The van der Waals surface area contributed by atoms with Crippen molar-refractivity contribution in [3.63, 3.8) is 0 Å². The molecule has 0 amide bonds. The largest absolute Gasteiger partial charge is 0.481 e. The summed E-state index contributed by atoms with van der Waals surface area (Å²) in [5.74, 6) is 0.788. The molecule has 110 valence electrons. The molecule has 0 radical (unpaired) electrons. The highest BCUT2D eigenvalue weighted by atomic mass is 16.4. The van der Waals surface area contributed by atoms with Gasteiger partial charge in [-0.1, -0.05) is 24.3 Å². The summed E-state index contributed by atoms with van der Waals surface area (Å²) in [5.41, 5.74) is 2.58. The van der Waals surface area contributed by atoms with E-state index in [2.05, 4.69) is 29.3 Å². The van der Waals surface area contributed by atoms with Crippen LogP contribution in [0.25, 0.3) is 0 Å². The molecule has 3 rings (SSSR count). The number of nitrogens with zero attached hydrogens (tertiary/aromatic N) is 3. The number of benzene rings is 1. The number of rotatable bonds is 4. The lowest BCUT2D eigenvalue weighted by Crippen LogP contribution is -2.27. The zero-order valence-corrected chi connectivity index (χ0v) is 12.1. The molecule has 1 aliphatic rings. The first kappa shape index (κ1) is 13.8. The maximum Gasteiger partial charge on any atom is 0.308 e. The molecule has 1 unspecified atom stereocenters. The summed E-state index contributed by atoms with van der Waals surface area (Å²) in [5, 5.41) is 17.6. The molecule has 0 aliphatic carbocycles. The Morgan fingerprint density at radius 2 is 2.14 bits per heavy atom. The van der Waals surface area contributed by atoms with E-state index >= 15 is 0 Å². The van der Waals surface area contributed by atoms with Crippen molar-refractivity contribution in [1.82, 2.24) is 14.8 Å².